The Hall–Kier alpha value is -3.53. The van der Waals surface area contributed by atoms with E-state index in [4.69, 9.17) is 4.74 Å². The normalized spacial score (nSPS) is 13.2. The van der Waals surface area contributed by atoms with Gasteiger partial charge in [0.25, 0.3) is 0 Å². The summed E-state index contributed by atoms with van der Waals surface area (Å²) in [5.74, 6) is 0.944. The van der Waals surface area contributed by atoms with Crippen LogP contribution in [0.5, 0.6) is 5.75 Å². The van der Waals surface area contributed by atoms with Crippen molar-refractivity contribution < 1.29 is 17.5 Å². The van der Waals surface area contributed by atoms with Gasteiger partial charge in [0.15, 0.2) is 14.9 Å². The van der Waals surface area contributed by atoms with Gasteiger partial charge >= 0.3 is 0 Å². The predicted molar refractivity (Wildman–Crippen MR) is 112 cm³/mol. The summed E-state index contributed by atoms with van der Waals surface area (Å²) >= 11 is 0. The lowest BCUT2D eigenvalue weighted by molar-refractivity contribution is 0.356. The zero-order valence-electron chi connectivity index (χ0n) is 16.5. The molecule has 0 spiro atoms. The monoisotopic (exact) mass is 439 g/mol. The Morgan fingerprint density at radius 1 is 1.16 bits per heavy atom. The maximum Gasteiger partial charge on any atom is 0.208 e. The number of hydrogen-bond donors (Lipinski definition) is 1. The number of halogens is 1. The zero-order chi connectivity index (χ0) is 21.6. The Morgan fingerprint density at radius 2 is 2.03 bits per heavy atom. The van der Waals surface area contributed by atoms with E-state index in [9.17, 15) is 12.8 Å². The first-order chi connectivity index (χ1) is 14.9. The van der Waals surface area contributed by atoms with Crippen molar-refractivity contribution in [2.75, 3.05) is 18.2 Å². The zero-order valence-corrected chi connectivity index (χ0v) is 17.4. The first-order valence-electron chi connectivity index (χ1n) is 9.56. The first kappa shape index (κ1) is 19.4. The molecular weight excluding hydrogens is 421 g/mol. The average Bonchev–Trinajstić information content (AvgIpc) is 3.42. The number of anilines is 1. The number of aromatic nitrogens is 4. The number of benzene rings is 1. The first-order valence-corrected chi connectivity index (χ1v) is 11.5. The lowest BCUT2D eigenvalue weighted by atomic mass is 10.0. The molecule has 0 saturated carbocycles. The molecule has 4 aromatic rings. The van der Waals surface area contributed by atoms with Crippen molar-refractivity contribution in [2.45, 2.75) is 18.0 Å². The second kappa shape index (κ2) is 7.31. The summed E-state index contributed by atoms with van der Waals surface area (Å²) in [6.07, 6.45) is 8.24. The summed E-state index contributed by atoms with van der Waals surface area (Å²) in [7, 11) is -3.38. The van der Waals surface area contributed by atoms with E-state index in [0.29, 0.717) is 30.1 Å². The van der Waals surface area contributed by atoms with E-state index >= 15 is 0 Å². The highest BCUT2D eigenvalue weighted by atomic mass is 32.2. The molecule has 158 valence electrons. The van der Waals surface area contributed by atoms with Crippen LogP contribution in [0.1, 0.15) is 11.1 Å². The molecule has 1 aliphatic heterocycles. The third-order valence-electron chi connectivity index (χ3n) is 5.25. The second-order valence-electron chi connectivity index (χ2n) is 7.26. The van der Waals surface area contributed by atoms with Crippen LogP contribution >= 0.6 is 0 Å². The SMILES string of the molecule is CS(=O)(=O)c1ccc(-c2cnc(NCc3c(F)ccc4c3CCO4)n3cncc23)cn1. The number of fused-ring (bicyclic) bond motifs is 2. The highest BCUT2D eigenvalue weighted by Gasteiger charge is 2.20. The van der Waals surface area contributed by atoms with E-state index in [2.05, 4.69) is 20.3 Å². The van der Waals surface area contributed by atoms with Crippen LogP contribution in [-0.4, -0.2) is 40.6 Å². The Bertz CT molecular complexity index is 1400. The van der Waals surface area contributed by atoms with Crippen LogP contribution in [-0.2, 0) is 22.8 Å². The van der Waals surface area contributed by atoms with E-state index < -0.39 is 9.84 Å². The van der Waals surface area contributed by atoms with Crippen molar-refractivity contribution in [3.8, 4) is 16.9 Å². The van der Waals surface area contributed by atoms with Gasteiger partial charge in [-0.2, -0.15) is 0 Å². The van der Waals surface area contributed by atoms with Gasteiger partial charge in [0.05, 0.1) is 18.3 Å². The predicted octanol–water partition coefficient (Wildman–Crippen LogP) is 2.88. The number of rotatable bonds is 5. The van der Waals surface area contributed by atoms with Crippen molar-refractivity contribution in [1.29, 1.82) is 0 Å². The minimum absolute atomic E-state index is 0.00780. The molecule has 8 nitrogen and oxygen atoms in total. The molecule has 10 heteroatoms. The van der Waals surface area contributed by atoms with Gasteiger partial charge < -0.3 is 10.1 Å². The summed E-state index contributed by atoms with van der Waals surface area (Å²) < 4.78 is 45.0. The fraction of sp³-hybridized carbons (Fsp3) is 0.190. The molecule has 5 rings (SSSR count). The molecule has 0 aliphatic carbocycles. The lowest BCUT2D eigenvalue weighted by Gasteiger charge is -2.13. The molecule has 0 bridgehead atoms. The molecule has 0 atom stereocenters. The smallest absolute Gasteiger partial charge is 0.208 e. The maximum atomic E-state index is 14.4. The van der Waals surface area contributed by atoms with Crippen molar-refractivity contribution in [3.05, 3.63) is 66.1 Å². The molecule has 1 aliphatic rings. The van der Waals surface area contributed by atoms with E-state index in [1.165, 1.54) is 18.3 Å². The summed E-state index contributed by atoms with van der Waals surface area (Å²) in [5.41, 5.74) is 3.66. The summed E-state index contributed by atoms with van der Waals surface area (Å²) in [5, 5.41) is 3.20. The van der Waals surface area contributed by atoms with Crippen LogP contribution < -0.4 is 10.1 Å². The minimum Gasteiger partial charge on any atom is -0.493 e. The van der Waals surface area contributed by atoms with Crippen LogP contribution in [0, 0.1) is 5.82 Å². The van der Waals surface area contributed by atoms with Crippen molar-refractivity contribution in [3.63, 3.8) is 0 Å². The highest BCUT2D eigenvalue weighted by molar-refractivity contribution is 7.90. The number of ether oxygens (including phenoxy) is 1. The van der Waals surface area contributed by atoms with Crippen LogP contribution in [0.3, 0.4) is 0 Å². The van der Waals surface area contributed by atoms with Crippen LogP contribution in [0.4, 0.5) is 10.3 Å². The minimum atomic E-state index is -3.38. The lowest BCUT2D eigenvalue weighted by Crippen LogP contribution is -2.09. The van der Waals surface area contributed by atoms with Gasteiger partial charge in [0, 0.05) is 53.9 Å². The van der Waals surface area contributed by atoms with Crippen molar-refractivity contribution >= 4 is 21.3 Å². The highest BCUT2D eigenvalue weighted by Crippen LogP contribution is 2.31. The number of nitrogens with zero attached hydrogens (tertiary/aromatic N) is 4. The molecule has 0 unspecified atom stereocenters. The fourth-order valence-corrected chi connectivity index (χ4v) is 4.26. The summed E-state index contributed by atoms with van der Waals surface area (Å²) in [6.45, 7) is 0.805. The van der Waals surface area contributed by atoms with Gasteiger partial charge in [-0.1, -0.05) is 0 Å². The van der Waals surface area contributed by atoms with Gasteiger partial charge in [0.1, 0.15) is 17.9 Å². The van der Waals surface area contributed by atoms with Crippen LogP contribution in [0.2, 0.25) is 0 Å². The third kappa shape index (κ3) is 3.48. The molecule has 4 heterocycles. The summed E-state index contributed by atoms with van der Waals surface area (Å²) in [4.78, 5) is 12.7. The maximum absolute atomic E-state index is 14.4. The third-order valence-corrected chi connectivity index (χ3v) is 6.25. The number of hydrogen-bond acceptors (Lipinski definition) is 7. The Labute approximate surface area is 177 Å². The molecular formula is C21H18FN5O3S. The van der Waals surface area contributed by atoms with Crippen molar-refractivity contribution in [1.82, 2.24) is 19.4 Å². The van der Waals surface area contributed by atoms with Crippen molar-refractivity contribution in [2.24, 2.45) is 0 Å². The molecule has 31 heavy (non-hydrogen) atoms. The van der Waals surface area contributed by atoms with Gasteiger partial charge in [-0.25, -0.2) is 27.8 Å². The Kier molecular flexibility index (Phi) is 4.58. The molecule has 3 aromatic heterocycles. The van der Waals surface area contributed by atoms with E-state index in [-0.39, 0.29) is 17.4 Å². The topological polar surface area (TPSA) is 98.5 Å². The van der Waals surface area contributed by atoms with Gasteiger partial charge in [-0.05, 0) is 24.3 Å². The number of imidazole rings is 1. The number of pyridine rings is 1. The van der Waals surface area contributed by atoms with Gasteiger partial charge in [-0.3, -0.25) is 4.40 Å². The van der Waals surface area contributed by atoms with Gasteiger partial charge in [-0.15, -0.1) is 0 Å². The molecule has 1 aromatic carbocycles. The molecule has 0 fully saturated rings. The second-order valence-corrected chi connectivity index (χ2v) is 9.22. The quantitative estimate of drug-likeness (QED) is 0.511. The number of nitrogens with one attached hydrogen (secondary N) is 1. The Morgan fingerprint density at radius 3 is 2.81 bits per heavy atom. The molecule has 0 saturated heterocycles. The van der Waals surface area contributed by atoms with E-state index in [1.807, 2.05) is 0 Å². The average molecular weight is 439 g/mol. The molecule has 0 amide bonds. The Balaban J connectivity index is 1.47. The fourth-order valence-electron chi connectivity index (χ4n) is 3.70. The summed E-state index contributed by atoms with van der Waals surface area (Å²) in [6, 6.07) is 6.22. The largest absolute Gasteiger partial charge is 0.493 e. The standard InChI is InChI=1S/C21H18FN5O3S/c1-31(28,29)20-5-2-13(8-24-20)15-9-25-21(27-12-23-11-18(15)27)26-10-16-14-6-7-30-19(14)4-3-17(16)22/h2-5,8-9,11-12H,6-7,10H2,1H3,(H,25,26). The van der Waals surface area contributed by atoms with Crippen LogP contribution in [0.15, 0.2) is 54.2 Å². The molecule has 0 radical (unpaired) electrons. The van der Waals surface area contributed by atoms with Crippen LogP contribution in [0.25, 0.3) is 16.6 Å². The molecule has 1 N–H and O–H groups in total. The number of sulfone groups is 1. The van der Waals surface area contributed by atoms with E-state index in [1.54, 1.807) is 35.3 Å². The van der Waals surface area contributed by atoms with E-state index in [0.717, 1.165) is 28.6 Å². The van der Waals surface area contributed by atoms with Gasteiger partial charge in [0.2, 0.25) is 5.95 Å².